The molecule has 2 rings (SSSR count). The zero-order chi connectivity index (χ0) is 15.8. The Kier molecular flexibility index (Phi) is 3.99. The molecule has 6 nitrogen and oxygen atoms in total. The maximum Gasteiger partial charge on any atom is 0.414 e. The lowest BCUT2D eigenvalue weighted by atomic mass is 10.0. The second-order valence-electron chi connectivity index (χ2n) is 6.00. The highest BCUT2D eigenvalue weighted by Gasteiger charge is 2.28. The van der Waals surface area contributed by atoms with Crippen molar-refractivity contribution in [2.24, 2.45) is 0 Å². The number of hydrogen-bond acceptors (Lipinski definition) is 4. The molecular formula is C14H19NO5S. The number of hydrogen-bond donors (Lipinski definition) is 1. The summed E-state index contributed by atoms with van der Waals surface area (Å²) in [6.07, 6.45) is 1.01. The number of rotatable bonds is 1. The molecule has 1 N–H and O–H groups in total. The molecule has 0 unspecified atom stereocenters. The van der Waals surface area contributed by atoms with Crippen LogP contribution in [-0.2, 0) is 21.3 Å². The molecule has 1 heterocycles. The molecule has 0 saturated carbocycles. The number of ether oxygens (including phenoxy) is 1. The van der Waals surface area contributed by atoms with Crippen molar-refractivity contribution in [3.05, 3.63) is 23.8 Å². The molecule has 0 saturated heterocycles. The van der Waals surface area contributed by atoms with Gasteiger partial charge >= 0.3 is 6.09 Å². The van der Waals surface area contributed by atoms with Gasteiger partial charge in [0.1, 0.15) is 5.60 Å². The number of aryl methyl sites for hydroxylation is 1. The van der Waals surface area contributed by atoms with Crippen LogP contribution in [0.15, 0.2) is 23.1 Å². The number of anilines is 1. The maximum absolute atomic E-state index is 12.2. The normalized spacial score (nSPS) is 15.5. The van der Waals surface area contributed by atoms with Crippen LogP contribution in [-0.4, -0.2) is 31.2 Å². The third-order valence-corrected chi connectivity index (χ3v) is 3.94. The zero-order valence-electron chi connectivity index (χ0n) is 12.3. The van der Waals surface area contributed by atoms with E-state index >= 15 is 0 Å². The van der Waals surface area contributed by atoms with Crippen LogP contribution in [0.2, 0.25) is 0 Å². The van der Waals surface area contributed by atoms with Gasteiger partial charge in [-0.15, -0.1) is 0 Å². The first-order chi connectivity index (χ1) is 9.58. The number of fused-ring (bicyclic) bond motifs is 1. The Morgan fingerprint density at radius 3 is 2.57 bits per heavy atom. The topological polar surface area (TPSA) is 83.9 Å². The second kappa shape index (κ2) is 5.31. The third kappa shape index (κ3) is 3.74. The maximum atomic E-state index is 12.2. The van der Waals surface area contributed by atoms with Gasteiger partial charge in [-0.1, -0.05) is 6.07 Å². The lowest BCUT2D eigenvalue weighted by molar-refractivity contribution is 0.0577. The van der Waals surface area contributed by atoms with E-state index in [0.717, 1.165) is 18.4 Å². The summed E-state index contributed by atoms with van der Waals surface area (Å²) in [5.74, 6) is 0. The van der Waals surface area contributed by atoms with Crippen LogP contribution >= 0.6 is 0 Å². The third-order valence-electron chi connectivity index (χ3n) is 3.09. The van der Waals surface area contributed by atoms with Crippen molar-refractivity contribution in [1.82, 2.24) is 0 Å². The van der Waals surface area contributed by atoms with Crippen LogP contribution in [0.3, 0.4) is 0 Å². The van der Waals surface area contributed by atoms with Gasteiger partial charge in [-0.05, 0) is 51.3 Å². The van der Waals surface area contributed by atoms with Crippen LogP contribution in [0.4, 0.5) is 10.5 Å². The monoisotopic (exact) mass is 313 g/mol. The first kappa shape index (κ1) is 15.8. The van der Waals surface area contributed by atoms with E-state index in [1.807, 2.05) is 0 Å². The average molecular weight is 313 g/mol. The molecule has 1 aromatic rings. The number of carbonyl (C=O) groups excluding carboxylic acids is 1. The summed E-state index contributed by atoms with van der Waals surface area (Å²) >= 11 is 0. The molecule has 0 bridgehead atoms. The van der Waals surface area contributed by atoms with E-state index in [2.05, 4.69) is 0 Å². The first-order valence-electron chi connectivity index (χ1n) is 6.69. The molecule has 0 radical (unpaired) electrons. The largest absolute Gasteiger partial charge is 0.443 e. The van der Waals surface area contributed by atoms with Gasteiger partial charge in [0, 0.05) is 6.54 Å². The Morgan fingerprint density at radius 2 is 2.00 bits per heavy atom. The summed E-state index contributed by atoms with van der Waals surface area (Å²) in [7, 11) is -4.30. The molecule has 1 aromatic carbocycles. The van der Waals surface area contributed by atoms with E-state index in [0.29, 0.717) is 12.2 Å². The summed E-state index contributed by atoms with van der Waals surface area (Å²) in [5.41, 5.74) is 0.708. The molecule has 0 aliphatic carbocycles. The highest BCUT2D eigenvalue weighted by atomic mass is 32.2. The van der Waals surface area contributed by atoms with Crippen LogP contribution in [0.5, 0.6) is 0 Å². The van der Waals surface area contributed by atoms with Crippen molar-refractivity contribution < 1.29 is 22.5 Å². The molecule has 0 spiro atoms. The molecule has 21 heavy (non-hydrogen) atoms. The van der Waals surface area contributed by atoms with Crippen molar-refractivity contribution in [2.75, 3.05) is 11.4 Å². The molecule has 116 valence electrons. The van der Waals surface area contributed by atoms with Crippen molar-refractivity contribution in [1.29, 1.82) is 0 Å². The minimum absolute atomic E-state index is 0.225. The quantitative estimate of drug-likeness (QED) is 0.806. The van der Waals surface area contributed by atoms with Crippen LogP contribution in [0.1, 0.15) is 32.8 Å². The van der Waals surface area contributed by atoms with Crippen molar-refractivity contribution in [3.8, 4) is 0 Å². The van der Waals surface area contributed by atoms with E-state index in [1.54, 1.807) is 26.8 Å². The Bertz CT molecular complexity index is 660. The van der Waals surface area contributed by atoms with Gasteiger partial charge in [0.2, 0.25) is 0 Å². The Morgan fingerprint density at radius 1 is 1.33 bits per heavy atom. The van der Waals surface area contributed by atoms with E-state index < -0.39 is 21.8 Å². The van der Waals surface area contributed by atoms with Gasteiger partial charge in [-0.25, -0.2) is 4.79 Å². The molecule has 1 aliphatic heterocycles. The smallest absolute Gasteiger partial charge is 0.414 e. The Labute approximate surface area is 124 Å². The summed E-state index contributed by atoms with van der Waals surface area (Å²) < 4.78 is 37.0. The SMILES string of the molecule is CC(C)(C)OC(=O)N1CCCc2ccc(S(=O)(=O)O)cc21. The van der Waals surface area contributed by atoms with E-state index in [4.69, 9.17) is 9.29 Å². The predicted molar refractivity (Wildman–Crippen MR) is 78.2 cm³/mol. The highest BCUT2D eigenvalue weighted by Crippen LogP contribution is 2.30. The van der Waals surface area contributed by atoms with Gasteiger partial charge in [-0.3, -0.25) is 9.45 Å². The average Bonchev–Trinajstić information content (AvgIpc) is 2.34. The van der Waals surface area contributed by atoms with Gasteiger partial charge in [0.15, 0.2) is 0 Å². The summed E-state index contributed by atoms with van der Waals surface area (Å²) in [5, 5.41) is 0. The molecule has 0 aromatic heterocycles. The van der Waals surface area contributed by atoms with Gasteiger partial charge in [0.05, 0.1) is 10.6 Å². The van der Waals surface area contributed by atoms with Gasteiger partial charge < -0.3 is 4.74 Å². The minimum atomic E-state index is -4.30. The number of nitrogens with zero attached hydrogens (tertiary/aromatic N) is 1. The van der Waals surface area contributed by atoms with Gasteiger partial charge in [-0.2, -0.15) is 8.42 Å². The molecule has 7 heteroatoms. The summed E-state index contributed by atoms with van der Waals surface area (Å²) in [4.78, 5) is 13.4. The van der Waals surface area contributed by atoms with E-state index in [1.165, 1.54) is 17.0 Å². The predicted octanol–water partition coefficient (Wildman–Crippen LogP) is 2.62. The Balaban J connectivity index is 2.40. The molecule has 1 aliphatic rings. The lowest BCUT2D eigenvalue weighted by Crippen LogP contribution is -2.39. The summed E-state index contributed by atoms with van der Waals surface area (Å²) in [6.45, 7) is 5.76. The van der Waals surface area contributed by atoms with Crippen molar-refractivity contribution in [3.63, 3.8) is 0 Å². The fourth-order valence-electron chi connectivity index (χ4n) is 2.22. The molecule has 0 atom stereocenters. The van der Waals surface area contributed by atoms with Crippen molar-refractivity contribution in [2.45, 2.75) is 44.1 Å². The number of benzene rings is 1. The fraction of sp³-hybridized carbons (Fsp3) is 0.500. The molecule has 0 fully saturated rings. The number of amides is 1. The number of carbonyl (C=O) groups is 1. The first-order valence-corrected chi connectivity index (χ1v) is 8.13. The highest BCUT2D eigenvalue weighted by molar-refractivity contribution is 7.85. The van der Waals surface area contributed by atoms with E-state index in [-0.39, 0.29) is 4.90 Å². The standard InChI is InChI=1S/C14H19NO5S/c1-14(2,3)20-13(16)15-8-4-5-10-6-7-11(9-12(10)15)21(17,18)19/h6-7,9H,4-5,8H2,1-3H3,(H,17,18,19). The molecule has 1 amide bonds. The lowest BCUT2D eigenvalue weighted by Gasteiger charge is -2.31. The zero-order valence-corrected chi connectivity index (χ0v) is 13.1. The fourth-order valence-corrected chi connectivity index (χ4v) is 2.72. The van der Waals surface area contributed by atoms with Crippen LogP contribution < -0.4 is 4.90 Å². The van der Waals surface area contributed by atoms with Crippen LogP contribution in [0.25, 0.3) is 0 Å². The Hall–Kier alpha value is -1.60. The molecular weight excluding hydrogens is 294 g/mol. The summed E-state index contributed by atoms with van der Waals surface area (Å²) in [6, 6.07) is 4.27. The minimum Gasteiger partial charge on any atom is -0.443 e. The van der Waals surface area contributed by atoms with Gasteiger partial charge in [0.25, 0.3) is 10.1 Å². The van der Waals surface area contributed by atoms with E-state index in [9.17, 15) is 13.2 Å². The van der Waals surface area contributed by atoms with Crippen LogP contribution in [0, 0.1) is 0 Å². The van der Waals surface area contributed by atoms with Crippen molar-refractivity contribution >= 4 is 21.9 Å². The second-order valence-corrected chi connectivity index (χ2v) is 7.42.